The van der Waals surface area contributed by atoms with Gasteiger partial charge >= 0.3 is 16.4 Å². The van der Waals surface area contributed by atoms with Crippen LogP contribution >= 0.6 is 0 Å². The fraction of sp³-hybridized carbons (Fsp3) is 0.231. The molecule has 2 bridgehead atoms. The number of urea groups is 1. The number of hydroxylamine groups is 2. The molecule has 2 aliphatic rings. The number of hydrogen-bond acceptors (Lipinski definition) is 7. The zero-order valence-electron chi connectivity index (χ0n) is 13.5. The van der Waals surface area contributed by atoms with E-state index in [1.54, 1.807) is 18.3 Å². The fourth-order valence-electron chi connectivity index (χ4n) is 2.83. The van der Waals surface area contributed by atoms with Crippen LogP contribution in [0.3, 0.4) is 0 Å². The van der Waals surface area contributed by atoms with Crippen LogP contribution in [-0.2, 0) is 14.7 Å². The molecule has 142 valence electrons. The number of nitrogens with one attached hydrogen (secondary N) is 2. The smallest absolute Gasteiger partial charge is 0.314 e. The van der Waals surface area contributed by atoms with Gasteiger partial charge in [-0.2, -0.15) is 23.7 Å². The summed E-state index contributed by atoms with van der Waals surface area (Å²) < 4.78 is 36.4. The maximum absolute atomic E-state index is 12.2. The molecule has 4 heterocycles. The second-order valence-electron chi connectivity index (χ2n) is 5.78. The molecule has 0 radical (unpaired) electrons. The van der Waals surface area contributed by atoms with E-state index in [4.69, 9.17) is 4.55 Å². The minimum absolute atomic E-state index is 0.128. The van der Waals surface area contributed by atoms with Gasteiger partial charge in [-0.05, 0) is 12.1 Å². The van der Waals surface area contributed by atoms with Crippen LogP contribution in [0, 0.1) is 0 Å². The first kappa shape index (κ1) is 17.2. The van der Waals surface area contributed by atoms with Crippen molar-refractivity contribution >= 4 is 33.9 Å². The predicted molar refractivity (Wildman–Crippen MR) is 88.3 cm³/mol. The predicted octanol–water partition coefficient (Wildman–Crippen LogP) is -0.446. The van der Waals surface area contributed by atoms with Gasteiger partial charge in [-0.1, -0.05) is 0 Å². The molecule has 2 aliphatic heterocycles. The van der Waals surface area contributed by atoms with Gasteiger partial charge in [0.25, 0.3) is 5.91 Å². The molecule has 13 nitrogen and oxygen atoms in total. The first-order valence-electron chi connectivity index (χ1n) is 7.63. The summed E-state index contributed by atoms with van der Waals surface area (Å²) in [5, 5.41) is 13.7. The van der Waals surface area contributed by atoms with Gasteiger partial charge in [0.15, 0.2) is 11.5 Å². The Morgan fingerprint density at radius 2 is 2.22 bits per heavy atom. The Hall–Kier alpha value is -3.23. The second-order valence-corrected chi connectivity index (χ2v) is 6.78. The topological polar surface area (TPSA) is 163 Å². The third-order valence-electron chi connectivity index (χ3n) is 3.94. The Labute approximate surface area is 152 Å². The van der Waals surface area contributed by atoms with Gasteiger partial charge in [0.1, 0.15) is 6.04 Å². The summed E-state index contributed by atoms with van der Waals surface area (Å²) in [5.74, 6) is -0.118. The van der Waals surface area contributed by atoms with Crippen molar-refractivity contribution in [3.8, 4) is 0 Å². The van der Waals surface area contributed by atoms with Gasteiger partial charge in [0.2, 0.25) is 0 Å². The number of aromatic nitrogens is 4. The van der Waals surface area contributed by atoms with Crippen LogP contribution in [0.1, 0.15) is 10.5 Å². The number of carbonyl (C=O) groups is 2. The molecular weight excluding hydrogens is 382 g/mol. The third-order valence-corrected chi connectivity index (χ3v) is 4.29. The summed E-state index contributed by atoms with van der Waals surface area (Å²) in [6.07, 6.45) is 4.67. The molecule has 3 amide bonds. The largest absolute Gasteiger partial charge is 0.418 e. The van der Waals surface area contributed by atoms with Crippen molar-refractivity contribution in [3.05, 3.63) is 36.3 Å². The molecule has 1 fully saturated rings. The third kappa shape index (κ3) is 3.40. The van der Waals surface area contributed by atoms with E-state index in [-0.39, 0.29) is 18.8 Å². The Kier molecular flexibility index (Phi) is 3.94. The summed E-state index contributed by atoms with van der Waals surface area (Å²) >= 11 is 0. The zero-order valence-corrected chi connectivity index (χ0v) is 14.3. The molecular formula is C13H13N7O6S. The van der Waals surface area contributed by atoms with E-state index >= 15 is 0 Å². The van der Waals surface area contributed by atoms with Crippen LogP contribution in [0.15, 0.2) is 30.6 Å². The molecule has 2 aromatic heterocycles. The fourth-order valence-corrected chi connectivity index (χ4v) is 3.21. The number of carbonyl (C=O) groups excluding carboxylic acids is 2. The first-order chi connectivity index (χ1) is 12.8. The first-order valence-corrected chi connectivity index (χ1v) is 9.00. The van der Waals surface area contributed by atoms with E-state index in [1.165, 1.54) is 21.8 Å². The standard InChI is InChI=1S/C13H13N7O6S/c21-12(15-11-1-3-14-16-11)10-2-4-19(17-10)8-5-9-7-18(6-8)13(22)20(9)26-27(23,24)25/h1-5,9H,6-7H2,(H,23,24,25)(H2,14,15,16,21). The number of H-pyrrole nitrogens is 1. The minimum atomic E-state index is -4.83. The van der Waals surface area contributed by atoms with Crippen LogP contribution in [0.4, 0.5) is 10.6 Å². The molecule has 0 spiro atoms. The summed E-state index contributed by atoms with van der Waals surface area (Å²) in [4.78, 5) is 25.6. The number of rotatable bonds is 5. The maximum Gasteiger partial charge on any atom is 0.418 e. The average molecular weight is 395 g/mol. The lowest BCUT2D eigenvalue weighted by atomic mass is 10.2. The lowest BCUT2D eigenvalue weighted by molar-refractivity contribution is -0.0183. The molecule has 0 saturated carbocycles. The van der Waals surface area contributed by atoms with Gasteiger partial charge in [0, 0.05) is 25.0 Å². The van der Waals surface area contributed by atoms with E-state index < -0.39 is 28.4 Å². The molecule has 3 N–H and O–H groups in total. The highest BCUT2D eigenvalue weighted by molar-refractivity contribution is 7.80. The molecule has 1 unspecified atom stereocenters. The Bertz CT molecular complexity index is 1030. The molecule has 27 heavy (non-hydrogen) atoms. The Balaban J connectivity index is 1.53. The second kappa shape index (κ2) is 6.19. The van der Waals surface area contributed by atoms with E-state index in [1.807, 2.05) is 0 Å². The Morgan fingerprint density at radius 3 is 2.93 bits per heavy atom. The van der Waals surface area contributed by atoms with Crippen LogP contribution in [0.2, 0.25) is 0 Å². The number of hydrogen-bond donors (Lipinski definition) is 3. The highest BCUT2D eigenvalue weighted by Crippen LogP contribution is 2.27. The van der Waals surface area contributed by atoms with E-state index in [9.17, 15) is 18.0 Å². The molecule has 0 aliphatic carbocycles. The van der Waals surface area contributed by atoms with E-state index in [0.29, 0.717) is 16.6 Å². The van der Waals surface area contributed by atoms with Crippen LogP contribution in [0.25, 0.3) is 5.70 Å². The number of anilines is 1. The summed E-state index contributed by atoms with van der Waals surface area (Å²) in [5.41, 5.74) is 0.670. The summed E-state index contributed by atoms with van der Waals surface area (Å²) in [7, 11) is -4.83. The Morgan fingerprint density at radius 1 is 1.41 bits per heavy atom. The summed E-state index contributed by atoms with van der Waals surface area (Å²) in [6, 6.07) is 1.64. The van der Waals surface area contributed by atoms with Gasteiger partial charge in [-0.15, -0.1) is 4.28 Å². The lowest BCUT2D eigenvalue weighted by Crippen LogP contribution is -2.35. The molecule has 1 saturated heterocycles. The molecule has 1 atom stereocenters. The molecule has 4 rings (SSSR count). The molecule has 0 aromatic carbocycles. The van der Waals surface area contributed by atoms with Gasteiger partial charge in [-0.25, -0.2) is 9.48 Å². The SMILES string of the molecule is O=C(Nc1cc[nH]n1)c1ccn(C2=CC3CN(C2)C(=O)N3OS(=O)(=O)O)n1. The number of nitrogens with zero attached hydrogens (tertiary/aromatic N) is 5. The van der Waals surface area contributed by atoms with E-state index in [2.05, 4.69) is 24.9 Å². The van der Waals surface area contributed by atoms with Crippen LogP contribution in [-0.4, -0.2) is 74.0 Å². The highest BCUT2D eigenvalue weighted by atomic mass is 32.3. The highest BCUT2D eigenvalue weighted by Gasteiger charge is 2.43. The lowest BCUT2D eigenvalue weighted by Gasteiger charge is -2.20. The average Bonchev–Trinajstić information content (AvgIpc) is 3.32. The van der Waals surface area contributed by atoms with Crippen molar-refractivity contribution in [2.75, 3.05) is 18.4 Å². The van der Waals surface area contributed by atoms with Crippen molar-refractivity contribution in [3.63, 3.8) is 0 Å². The van der Waals surface area contributed by atoms with Gasteiger partial charge in [-0.3, -0.25) is 14.4 Å². The minimum Gasteiger partial charge on any atom is -0.314 e. The van der Waals surface area contributed by atoms with Crippen molar-refractivity contribution in [2.45, 2.75) is 6.04 Å². The van der Waals surface area contributed by atoms with Crippen molar-refractivity contribution in [1.29, 1.82) is 0 Å². The quantitative estimate of drug-likeness (QED) is 0.573. The monoisotopic (exact) mass is 395 g/mol. The number of aromatic amines is 1. The van der Waals surface area contributed by atoms with Crippen LogP contribution < -0.4 is 5.32 Å². The van der Waals surface area contributed by atoms with Gasteiger partial charge in [0.05, 0.1) is 12.2 Å². The summed E-state index contributed by atoms with van der Waals surface area (Å²) in [6.45, 7) is 0.328. The number of fused-ring (bicyclic) bond motifs is 2. The van der Waals surface area contributed by atoms with E-state index in [0.717, 1.165) is 0 Å². The molecule has 14 heteroatoms. The van der Waals surface area contributed by atoms with Gasteiger partial charge < -0.3 is 10.2 Å². The maximum atomic E-state index is 12.2. The number of amides is 3. The van der Waals surface area contributed by atoms with Crippen LogP contribution in [0.5, 0.6) is 0 Å². The normalized spacial score (nSPS) is 19.4. The zero-order chi connectivity index (χ0) is 19.2. The van der Waals surface area contributed by atoms with Crippen molar-refractivity contribution in [2.24, 2.45) is 0 Å². The van der Waals surface area contributed by atoms with Crippen molar-refractivity contribution < 1.29 is 26.8 Å². The molecule has 2 aromatic rings. The van der Waals surface area contributed by atoms with Crippen molar-refractivity contribution in [1.82, 2.24) is 29.9 Å².